The van der Waals surface area contributed by atoms with Crippen LogP contribution >= 0.6 is 0 Å². The van der Waals surface area contributed by atoms with Crippen molar-refractivity contribution in [1.29, 1.82) is 0 Å². The molecule has 1 fully saturated rings. The minimum Gasteiger partial charge on any atom is -0.466 e. The molecule has 8 nitrogen and oxygen atoms in total. The zero-order valence-corrected chi connectivity index (χ0v) is 20.2. The molecular weight excluding hydrogens is 491 g/mol. The van der Waals surface area contributed by atoms with E-state index in [9.17, 15) is 27.6 Å². The summed E-state index contributed by atoms with van der Waals surface area (Å²) in [6.07, 6.45) is -1.11. The number of ether oxygens (including phenoxy) is 2. The largest absolute Gasteiger partial charge is 0.466 e. The Labute approximate surface area is 212 Å². The maximum absolute atomic E-state index is 13.3. The van der Waals surface area contributed by atoms with Crippen LogP contribution in [0.3, 0.4) is 0 Å². The lowest BCUT2D eigenvalue weighted by molar-refractivity contribution is -0.137. The van der Waals surface area contributed by atoms with E-state index in [4.69, 9.17) is 4.74 Å². The lowest BCUT2D eigenvalue weighted by Gasteiger charge is -2.32. The molecule has 198 valence electrons. The number of nitrogens with one attached hydrogen (secondary N) is 1. The predicted molar refractivity (Wildman–Crippen MR) is 130 cm³/mol. The lowest BCUT2D eigenvalue weighted by atomic mass is 10.0. The molecule has 3 rings (SSSR count). The highest BCUT2D eigenvalue weighted by Crippen LogP contribution is 2.30. The molecule has 0 spiro atoms. The summed E-state index contributed by atoms with van der Waals surface area (Å²) in [7, 11) is 1.26. The van der Waals surface area contributed by atoms with Crippen molar-refractivity contribution in [2.75, 3.05) is 51.8 Å². The van der Waals surface area contributed by atoms with E-state index in [0.717, 1.165) is 24.3 Å². The molecule has 2 aromatic rings. The molecule has 0 aromatic heterocycles. The van der Waals surface area contributed by atoms with Crippen molar-refractivity contribution in [2.24, 2.45) is 0 Å². The monoisotopic (exact) mass is 519 g/mol. The molecule has 0 aliphatic carbocycles. The smallest absolute Gasteiger partial charge is 0.416 e. The number of methoxy groups -OCH3 is 1. The first-order valence-corrected chi connectivity index (χ1v) is 11.6. The number of rotatable bonds is 10. The van der Waals surface area contributed by atoms with E-state index >= 15 is 0 Å². The normalized spacial score (nSPS) is 15.2. The third-order valence-electron chi connectivity index (χ3n) is 5.84. The number of esters is 1. The van der Waals surface area contributed by atoms with Gasteiger partial charge in [-0.2, -0.15) is 13.2 Å². The average molecular weight is 520 g/mol. The quantitative estimate of drug-likeness (QED) is 0.294. The molecule has 1 aliphatic rings. The number of amides is 2. The Kier molecular flexibility index (Phi) is 9.81. The first kappa shape index (κ1) is 27.9. The Morgan fingerprint density at radius 3 is 2.32 bits per heavy atom. The van der Waals surface area contributed by atoms with Crippen LogP contribution in [-0.2, 0) is 30.0 Å². The summed E-state index contributed by atoms with van der Waals surface area (Å²) >= 11 is 0. The molecule has 2 aromatic carbocycles. The van der Waals surface area contributed by atoms with Gasteiger partial charge in [0.15, 0.2) is 0 Å². The van der Waals surface area contributed by atoms with Crippen LogP contribution in [-0.4, -0.2) is 74.6 Å². The van der Waals surface area contributed by atoms with Crippen LogP contribution in [0.25, 0.3) is 6.08 Å². The fourth-order valence-electron chi connectivity index (χ4n) is 3.79. The topological polar surface area (TPSA) is 88.2 Å². The minimum absolute atomic E-state index is 0.166. The summed E-state index contributed by atoms with van der Waals surface area (Å²) in [6, 6.07) is 9.70. The van der Waals surface area contributed by atoms with E-state index in [1.54, 1.807) is 30.3 Å². The fourth-order valence-corrected chi connectivity index (χ4v) is 3.79. The van der Waals surface area contributed by atoms with Crippen molar-refractivity contribution >= 4 is 30.0 Å². The Balaban J connectivity index is 1.82. The third-order valence-corrected chi connectivity index (χ3v) is 5.84. The highest BCUT2D eigenvalue weighted by Gasteiger charge is 2.31. The summed E-state index contributed by atoms with van der Waals surface area (Å²) in [5.74, 6) is -1.10. The van der Waals surface area contributed by atoms with Gasteiger partial charge in [0.05, 0.1) is 25.9 Å². The van der Waals surface area contributed by atoms with Gasteiger partial charge in [-0.1, -0.05) is 24.3 Å². The molecule has 1 heterocycles. The first-order chi connectivity index (χ1) is 17.7. The van der Waals surface area contributed by atoms with Crippen molar-refractivity contribution in [3.63, 3.8) is 0 Å². The van der Waals surface area contributed by atoms with Gasteiger partial charge in [0, 0.05) is 37.9 Å². The van der Waals surface area contributed by atoms with Crippen molar-refractivity contribution < 1.29 is 37.0 Å². The van der Waals surface area contributed by atoms with E-state index < -0.39 is 29.7 Å². The average Bonchev–Trinajstić information content (AvgIpc) is 2.90. The van der Waals surface area contributed by atoms with Gasteiger partial charge >= 0.3 is 12.1 Å². The van der Waals surface area contributed by atoms with E-state index in [1.165, 1.54) is 18.1 Å². The fraction of sp³-hybridized carbons (Fsp3) is 0.346. The van der Waals surface area contributed by atoms with Crippen LogP contribution in [0.15, 0.2) is 54.6 Å². The van der Waals surface area contributed by atoms with Crippen LogP contribution in [0.2, 0.25) is 0 Å². The number of morpholine rings is 1. The van der Waals surface area contributed by atoms with Crippen LogP contribution in [0.4, 0.5) is 18.9 Å². The predicted octanol–water partition coefficient (Wildman–Crippen LogP) is 3.36. The van der Waals surface area contributed by atoms with Crippen LogP contribution in [0.1, 0.15) is 22.7 Å². The maximum atomic E-state index is 13.3. The molecule has 0 radical (unpaired) electrons. The van der Waals surface area contributed by atoms with Gasteiger partial charge in [0.25, 0.3) is 5.91 Å². The number of alkyl halides is 3. The number of anilines is 1. The molecule has 1 unspecified atom stereocenters. The number of hydrogen-bond acceptors (Lipinski definition) is 6. The summed E-state index contributed by atoms with van der Waals surface area (Å²) in [6.45, 7) is 3.34. The van der Waals surface area contributed by atoms with E-state index in [-0.39, 0.29) is 12.2 Å². The molecule has 11 heteroatoms. The summed E-state index contributed by atoms with van der Waals surface area (Å²) in [5, 5.41) is 2.62. The molecule has 1 aliphatic heterocycles. The Morgan fingerprint density at radius 1 is 1.11 bits per heavy atom. The SMILES string of the molecule is COC(=O)/C=C/c1ccc(C(C(=O)Nc2ccc(C(F)(F)F)cc2)N(C=O)CCN2CCOCC2)cc1. The maximum Gasteiger partial charge on any atom is 0.416 e. The molecule has 37 heavy (non-hydrogen) atoms. The Hall–Kier alpha value is -3.70. The van der Waals surface area contributed by atoms with Crippen LogP contribution in [0.5, 0.6) is 0 Å². The number of nitrogens with zero attached hydrogens (tertiary/aromatic N) is 2. The molecular formula is C26H28F3N3O5. The van der Waals surface area contributed by atoms with E-state index in [1.807, 2.05) is 0 Å². The molecule has 0 saturated carbocycles. The second-order valence-corrected chi connectivity index (χ2v) is 8.29. The van der Waals surface area contributed by atoms with Crippen LogP contribution in [0, 0.1) is 0 Å². The number of carbonyl (C=O) groups excluding carboxylic acids is 3. The summed E-state index contributed by atoms with van der Waals surface area (Å²) in [5.41, 5.74) is 0.494. The van der Waals surface area contributed by atoms with Gasteiger partial charge in [-0.15, -0.1) is 0 Å². The summed E-state index contributed by atoms with van der Waals surface area (Å²) in [4.78, 5) is 40.3. The zero-order valence-electron chi connectivity index (χ0n) is 20.2. The van der Waals surface area contributed by atoms with E-state index in [2.05, 4.69) is 15.0 Å². The third kappa shape index (κ3) is 8.16. The lowest BCUT2D eigenvalue weighted by Crippen LogP contribution is -2.44. The van der Waals surface area contributed by atoms with Crippen molar-refractivity contribution in [3.05, 3.63) is 71.3 Å². The van der Waals surface area contributed by atoms with Crippen LogP contribution < -0.4 is 5.32 Å². The van der Waals surface area contributed by atoms with Gasteiger partial charge in [0.1, 0.15) is 6.04 Å². The van der Waals surface area contributed by atoms with E-state index in [0.29, 0.717) is 50.4 Å². The highest BCUT2D eigenvalue weighted by atomic mass is 19.4. The summed E-state index contributed by atoms with van der Waals surface area (Å²) < 4.78 is 48.6. The standard InChI is InChI=1S/C26H28F3N3O5/c1-36-23(34)11-4-19-2-5-20(6-3-19)24(32(18-33)13-12-31-14-16-37-17-15-31)25(35)30-22-9-7-21(8-10-22)26(27,28)29/h2-11,18,24H,12-17H2,1H3,(H,30,35)/b11-4+. The highest BCUT2D eigenvalue weighted by molar-refractivity contribution is 5.96. The second kappa shape index (κ2) is 13.0. The molecule has 2 amide bonds. The first-order valence-electron chi connectivity index (χ1n) is 11.6. The van der Waals surface area contributed by atoms with Crippen molar-refractivity contribution in [2.45, 2.75) is 12.2 Å². The van der Waals surface area contributed by atoms with Gasteiger partial charge in [-0.25, -0.2) is 4.79 Å². The van der Waals surface area contributed by atoms with Gasteiger partial charge in [0.2, 0.25) is 6.41 Å². The molecule has 1 N–H and O–H groups in total. The molecule has 1 saturated heterocycles. The Bertz CT molecular complexity index is 1080. The van der Waals surface area contributed by atoms with Crippen molar-refractivity contribution in [3.8, 4) is 0 Å². The number of benzene rings is 2. The number of carbonyl (C=O) groups is 3. The van der Waals surface area contributed by atoms with Gasteiger partial charge < -0.3 is 19.7 Å². The number of halogens is 3. The number of hydrogen-bond donors (Lipinski definition) is 1. The molecule has 1 atom stereocenters. The zero-order chi connectivity index (χ0) is 26.8. The van der Waals surface area contributed by atoms with Gasteiger partial charge in [-0.3, -0.25) is 14.5 Å². The Morgan fingerprint density at radius 2 is 1.76 bits per heavy atom. The molecule has 0 bridgehead atoms. The van der Waals surface area contributed by atoms with Crippen molar-refractivity contribution in [1.82, 2.24) is 9.80 Å². The minimum atomic E-state index is -4.50. The second-order valence-electron chi connectivity index (χ2n) is 8.29. The van der Waals surface area contributed by atoms with Gasteiger partial charge in [-0.05, 0) is 41.5 Å².